The number of pyridine rings is 1. The van der Waals surface area contributed by atoms with E-state index in [4.69, 9.17) is 4.98 Å². The van der Waals surface area contributed by atoms with Crippen molar-refractivity contribution in [2.75, 3.05) is 12.4 Å². The van der Waals surface area contributed by atoms with Gasteiger partial charge in [0.2, 0.25) is 0 Å². The average molecular weight is 270 g/mol. The second-order valence-electron chi connectivity index (χ2n) is 6.10. The minimum atomic E-state index is -0.0135. The summed E-state index contributed by atoms with van der Waals surface area (Å²) in [6.45, 7) is 10.4. The molecule has 0 fully saturated rings. The normalized spacial score (nSPS) is 11.5. The first-order valence-corrected chi connectivity index (χ1v) is 6.82. The van der Waals surface area contributed by atoms with Crippen molar-refractivity contribution in [2.24, 2.45) is 0 Å². The third-order valence-electron chi connectivity index (χ3n) is 3.09. The van der Waals surface area contributed by atoms with Crippen LogP contribution in [0.1, 0.15) is 37.9 Å². The van der Waals surface area contributed by atoms with Crippen molar-refractivity contribution >= 4 is 5.82 Å². The maximum absolute atomic E-state index is 4.73. The number of aryl methyl sites for hydroxylation is 2. The van der Waals surface area contributed by atoms with Crippen LogP contribution in [-0.4, -0.2) is 22.0 Å². The van der Waals surface area contributed by atoms with Gasteiger partial charge in [0.15, 0.2) is 5.82 Å². The van der Waals surface area contributed by atoms with Crippen molar-refractivity contribution in [3.63, 3.8) is 0 Å². The summed E-state index contributed by atoms with van der Waals surface area (Å²) in [5.41, 5.74) is 3.99. The molecule has 0 aliphatic heterocycles. The Morgan fingerprint density at radius 1 is 0.900 bits per heavy atom. The Balaban J connectivity index is 2.61. The highest BCUT2D eigenvalue weighted by Gasteiger charge is 2.18. The molecule has 2 rings (SSSR count). The van der Waals surface area contributed by atoms with Crippen LogP contribution >= 0.6 is 0 Å². The summed E-state index contributed by atoms with van der Waals surface area (Å²) in [5, 5.41) is 3.11. The average Bonchev–Trinajstić information content (AvgIpc) is 2.36. The molecule has 0 amide bonds. The van der Waals surface area contributed by atoms with Crippen molar-refractivity contribution in [1.82, 2.24) is 15.0 Å². The first-order valence-electron chi connectivity index (χ1n) is 6.82. The van der Waals surface area contributed by atoms with Gasteiger partial charge in [-0.15, -0.1) is 0 Å². The maximum atomic E-state index is 4.73. The Labute approximate surface area is 120 Å². The molecule has 0 aromatic carbocycles. The van der Waals surface area contributed by atoms with Crippen molar-refractivity contribution in [1.29, 1.82) is 0 Å². The number of hydrogen-bond donors (Lipinski definition) is 1. The number of aromatic nitrogens is 3. The van der Waals surface area contributed by atoms with Gasteiger partial charge in [0.1, 0.15) is 5.82 Å². The molecule has 0 unspecified atom stereocenters. The van der Waals surface area contributed by atoms with E-state index in [2.05, 4.69) is 36.1 Å². The lowest BCUT2D eigenvalue weighted by molar-refractivity contribution is 0.568. The lowest BCUT2D eigenvalue weighted by Crippen LogP contribution is -2.15. The Kier molecular flexibility index (Phi) is 3.75. The van der Waals surface area contributed by atoms with Crippen LogP contribution in [0.3, 0.4) is 0 Å². The standard InChI is InChI=1S/C16H22N4/c1-10-7-12(8-11(2)18-10)15-19-13(16(3,4)5)9-14(17-6)20-15/h7-9H,1-6H3,(H,17,19,20). The Bertz CT molecular complexity index is 607. The summed E-state index contributed by atoms with van der Waals surface area (Å²) >= 11 is 0. The van der Waals surface area contributed by atoms with Crippen LogP contribution in [0.4, 0.5) is 5.82 Å². The van der Waals surface area contributed by atoms with E-state index < -0.39 is 0 Å². The SMILES string of the molecule is CNc1cc(C(C)(C)C)nc(-c2cc(C)nc(C)c2)n1. The van der Waals surface area contributed by atoms with Crippen LogP contribution in [0.2, 0.25) is 0 Å². The first kappa shape index (κ1) is 14.4. The molecular formula is C16H22N4. The third-order valence-corrected chi connectivity index (χ3v) is 3.09. The van der Waals surface area contributed by atoms with Gasteiger partial charge in [-0.3, -0.25) is 4.98 Å². The largest absolute Gasteiger partial charge is 0.373 e. The number of hydrogen-bond acceptors (Lipinski definition) is 4. The fourth-order valence-electron chi connectivity index (χ4n) is 2.05. The van der Waals surface area contributed by atoms with Gasteiger partial charge >= 0.3 is 0 Å². The highest BCUT2D eigenvalue weighted by Crippen LogP contribution is 2.26. The molecule has 2 aromatic rings. The van der Waals surface area contributed by atoms with E-state index in [9.17, 15) is 0 Å². The molecule has 106 valence electrons. The second kappa shape index (κ2) is 5.19. The fraction of sp³-hybridized carbons (Fsp3) is 0.438. The maximum Gasteiger partial charge on any atom is 0.161 e. The Morgan fingerprint density at radius 2 is 1.50 bits per heavy atom. The van der Waals surface area contributed by atoms with E-state index in [1.54, 1.807) is 0 Å². The zero-order valence-electron chi connectivity index (χ0n) is 13.1. The minimum absolute atomic E-state index is 0.0135. The van der Waals surface area contributed by atoms with E-state index in [0.29, 0.717) is 0 Å². The Morgan fingerprint density at radius 3 is 2.00 bits per heavy atom. The molecular weight excluding hydrogens is 248 g/mol. The van der Waals surface area contributed by atoms with E-state index >= 15 is 0 Å². The molecule has 20 heavy (non-hydrogen) atoms. The lowest BCUT2D eigenvalue weighted by atomic mass is 9.92. The fourth-order valence-corrected chi connectivity index (χ4v) is 2.05. The summed E-state index contributed by atoms with van der Waals surface area (Å²) in [7, 11) is 1.88. The van der Waals surface area contributed by atoms with Gasteiger partial charge in [0.25, 0.3) is 0 Å². The van der Waals surface area contributed by atoms with Gasteiger partial charge in [-0.05, 0) is 26.0 Å². The molecule has 0 spiro atoms. The van der Waals surface area contributed by atoms with Crippen molar-refractivity contribution in [3.05, 3.63) is 35.3 Å². The second-order valence-corrected chi connectivity index (χ2v) is 6.10. The van der Waals surface area contributed by atoms with Crippen LogP contribution in [0.5, 0.6) is 0 Å². The highest BCUT2D eigenvalue weighted by atomic mass is 15.0. The minimum Gasteiger partial charge on any atom is -0.373 e. The molecule has 0 atom stereocenters. The molecule has 1 N–H and O–H groups in total. The molecule has 0 saturated carbocycles. The number of nitrogens with zero attached hydrogens (tertiary/aromatic N) is 3. The summed E-state index contributed by atoms with van der Waals surface area (Å²) < 4.78 is 0. The van der Waals surface area contributed by atoms with Crippen LogP contribution < -0.4 is 5.32 Å². The molecule has 0 aliphatic carbocycles. The number of anilines is 1. The van der Waals surface area contributed by atoms with Gasteiger partial charge in [0, 0.05) is 35.5 Å². The van der Waals surface area contributed by atoms with Gasteiger partial charge in [0.05, 0.1) is 5.69 Å². The van der Waals surface area contributed by atoms with Crippen molar-refractivity contribution < 1.29 is 0 Å². The lowest BCUT2D eigenvalue weighted by Gasteiger charge is -2.19. The molecule has 2 aromatic heterocycles. The van der Waals surface area contributed by atoms with Gasteiger partial charge in [-0.25, -0.2) is 9.97 Å². The molecule has 2 heterocycles. The number of rotatable bonds is 2. The predicted molar refractivity (Wildman–Crippen MR) is 83.0 cm³/mol. The van der Waals surface area contributed by atoms with Crippen molar-refractivity contribution in [2.45, 2.75) is 40.0 Å². The van der Waals surface area contributed by atoms with E-state index in [0.717, 1.165) is 34.3 Å². The number of nitrogens with one attached hydrogen (secondary N) is 1. The zero-order valence-corrected chi connectivity index (χ0v) is 13.1. The van der Waals surface area contributed by atoms with Gasteiger partial charge in [-0.2, -0.15) is 0 Å². The molecule has 0 bridgehead atoms. The molecule has 0 saturated heterocycles. The summed E-state index contributed by atoms with van der Waals surface area (Å²) in [5.74, 6) is 1.59. The van der Waals surface area contributed by atoms with Crippen LogP contribution in [0.25, 0.3) is 11.4 Å². The molecule has 4 nitrogen and oxygen atoms in total. The van der Waals surface area contributed by atoms with Gasteiger partial charge in [-0.1, -0.05) is 20.8 Å². The van der Waals surface area contributed by atoms with Crippen molar-refractivity contribution in [3.8, 4) is 11.4 Å². The highest BCUT2D eigenvalue weighted by molar-refractivity contribution is 5.58. The van der Waals surface area contributed by atoms with E-state index in [1.165, 1.54) is 0 Å². The summed E-state index contributed by atoms with van der Waals surface area (Å²) in [6, 6.07) is 6.05. The van der Waals surface area contributed by atoms with Crippen LogP contribution in [0, 0.1) is 13.8 Å². The third kappa shape index (κ3) is 3.13. The zero-order chi connectivity index (χ0) is 14.9. The molecule has 0 radical (unpaired) electrons. The Hall–Kier alpha value is -1.97. The van der Waals surface area contributed by atoms with Gasteiger partial charge < -0.3 is 5.32 Å². The first-order chi connectivity index (χ1) is 9.29. The topological polar surface area (TPSA) is 50.7 Å². The quantitative estimate of drug-likeness (QED) is 0.907. The monoisotopic (exact) mass is 270 g/mol. The van der Waals surface area contributed by atoms with E-state index in [1.807, 2.05) is 39.1 Å². The van der Waals surface area contributed by atoms with E-state index in [-0.39, 0.29) is 5.41 Å². The predicted octanol–water partition coefficient (Wildman–Crippen LogP) is 3.49. The van der Waals surface area contributed by atoms with Crippen LogP contribution in [0.15, 0.2) is 18.2 Å². The summed E-state index contributed by atoms with van der Waals surface area (Å²) in [6.07, 6.45) is 0. The molecule has 0 aliphatic rings. The summed E-state index contributed by atoms with van der Waals surface area (Å²) in [4.78, 5) is 13.7. The smallest absolute Gasteiger partial charge is 0.161 e. The molecule has 4 heteroatoms. The van der Waals surface area contributed by atoms with Crippen LogP contribution in [-0.2, 0) is 5.41 Å².